The van der Waals surface area contributed by atoms with Crippen LogP contribution in [0, 0.1) is 0 Å². The molecule has 84 heavy (non-hydrogen) atoms. The number of rotatable bonds is 18. The van der Waals surface area contributed by atoms with Gasteiger partial charge in [0.25, 0.3) is 22.5 Å². The molecule has 0 bridgehead atoms. The van der Waals surface area contributed by atoms with Crippen molar-refractivity contribution in [1.29, 1.82) is 0 Å². The van der Waals surface area contributed by atoms with Crippen molar-refractivity contribution < 1.29 is 0 Å². The fraction of sp³-hybridized carbons (Fsp3) is 0. The molecule has 0 N–H and O–H groups in total. The van der Waals surface area contributed by atoms with Gasteiger partial charge in [-0.3, -0.25) is 28.0 Å². The lowest BCUT2D eigenvalue weighted by molar-refractivity contribution is 1.23. The Balaban J connectivity index is 1.43. The highest BCUT2D eigenvalue weighted by Gasteiger charge is 2.55. The predicted octanol–water partition coefficient (Wildman–Crippen LogP) is 22.9. The molecule has 12 aromatic rings. The Hall–Kier alpha value is -9.87. The topological polar surface area (TPSA) is 56.5 Å². The van der Waals surface area contributed by atoms with Crippen molar-refractivity contribution in [3.8, 4) is 0 Å². The summed E-state index contributed by atoms with van der Waals surface area (Å²) in [6, 6.07) is 129. The third-order valence-electron chi connectivity index (χ3n) is 14.3. The summed E-state index contributed by atoms with van der Waals surface area (Å²) in [6.45, 7) is 0. The molecule has 0 aromatic heterocycles. The van der Waals surface area contributed by atoms with Crippen molar-refractivity contribution >= 4 is 90.8 Å². The largest absolute Gasteiger partial charge is 0.282 e. The SMILES string of the molecule is c1ccc(N(c2ccccc2)P2(N(c3ccccc3)c3ccccc3)=NP(N(c3ccccc3)c3ccccc3)(N(c3ccccc3)c3ccccc3)=NP(N(c3ccccc3)c3ccccc3)(N(c3ccccc3)c3ccccc3)=N2)cc1. The van der Waals surface area contributed by atoms with Crippen LogP contribution in [0.1, 0.15) is 0 Å². The fourth-order valence-corrected chi connectivity index (χ4v) is 25.8. The van der Waals surface area contributed by atoms with E-state index in [2.05, 4.69) is 392 Å². The molecule has 12 aromatic carbocycles. The molecule has 12 heteroatoms. The molecule has 408 valence electrons. The summed E-state index contributed by atoms with van der Waals surface area (Å²) in [7, 11) is -12.5. The zero-order valence-corrected chi connectivity index (χ0v) is 48.7. The van der Waals surface area contributed by atoms with Crippen molar-refractivity contribution in [2.24, 2.45) is 13.5 Å². The van der Waals surface area contributed by atoms with Gasteiger partial charge in [0, 0.05) is 68.2 Å². The smallest absolute Gasteiger partial charge is 0.273 e. The van der Waals surface area contributed by atoms with Gasteiger partial charge in [-0.25, -0.2) is 0 Å². The predicted molar refractivity (Wildman–Crippen MR) is 358 cm³/mol. The average molecular weight is 1140 g/mol. The molecule has 0 unspecified atom stereocenters. The maximum Gasteiger partial charge on any atom is 0.282 e. The summed E-state index contributed by atoms with van der Waals surface area (Å²) in [4.78, 5) is 0. The highest BCUT2D eigenvalue weighted by atomic mass is 31.3. The normalized spacial score (nSPS) is 13.6. The molecule has 1 heterocycles. The van der Waals surface area contributed by atoms with Crippen molar-refractivity contribution in [2.45, 2.75) is 0 Å². The molecule has 1 aliphatic heterocycles. The first-order valence-electron chi connectivity index (χ1n) is 28.0. The summed E-state index contributed by atoms with van der Waals surface area (Å²) < 4.78 is 36.3. The van der Waals surface area contributed by atoms with Gasteiger partial charge < -0.3 is 0 Å². The molecule has 0 amide bonds. The number of hydrogen-bond acceptors (Lipinski definition) is 9. The van der Waals surface area contributed by atoms with E-state index in [0.29, 0.717) is 0 Å². The van der Waals surface area contributed by atoms with Gasteiger partial charge in [0.05, 0.1) is 0 Å². The molecular formula is C72H60N9P3. The fourth-order valence-electron chi connectivity index (χ4n) is 10.9. The van der Waals surface area contributed by atoms with Gasteiger partial charge >= 0.3 is 0 Å². The first kappa shape index (κ1) is 53.4. The maximum absolute atomic E-state index is 7.16. The van der Waals surface area contributed by atoms with E-state index in [9.17, 15) is 0 Å². The molecule has 13 rings (SSSR count). The summed E-state index contributed by atoms with van der Waals surface area (Å²) >= 11 is 0. The molecule has 0 radical (unpaired) electrons. The number of anilines is 12. The summed E-state index contributed by atoms with van der Waals surface area (Å²) in [6.07, 6.45) is 0. The van der Waals surface area contributed by atoms with Crippen LogP contribution in [-0.4, -0.2) is 0 Å². The van der Waals surface area contributed by atoms with Crippen LogP contribution < -0.4 is 28.0 Å². The molecule has 0 fully saturated rings. The summed E-state index contributed by atoms with van der Waals surface area (Å²) in [5.74, 6) is 0. The van der Waals surface area contributed by atoms with E-state index in [1.807, 2.05) is 0 Å². The van der Waals surface area contributed by atoms with Crippen LogP contribution in [0.5, 0.6) is 0 Å². The Morgan fingerprint density at radius 2 is 0.214 bits per heavy atom. The monoisotopic (exact) mass is 1140 g/mol. The van der Waals surface area contributed by atoms with Gasteiger partial charge in [0.1, 0.15) is 0 Å². The third kappa shape index (κ3) is 10.3. The van der Waals surface area contributed by atoms with Crippen LogP contribution in [0.15, 0.2) is 378 Å². The second kappa shape index (κ2) is 24.3. The Bertz CT molecular complexity index is 3270. The van der Waals surface area contributed by atoms with Gasteiger partial charge in [-0.2, -0.15) is 13.5 Å². The van der Waals surface area contributed by atoms with Crippen molar-refractivity contribution in [3.63, 3.8) is 0 Å². The number of para-hydroxylation sites is 12. The van der Waals surface area contributed by atoms with Crippen LogP contribution in [0.4, 0.5) is 68.2 Å². The van der Waals surface area contributed by atoms with Crippen LogP contribution in [0.25, 0.3) is 0 Å². The number of benzene rings is 12. The lowest BCUT2D eigenvalue weighted by atomic mass is 10.3. The van der Waals surface area contributed by atoms with E-state index in [-0.39, 0.29) is 0 Å². The Labute approximate surface area is 493 Å². The van der Waals surface area contributed by atoms with E-state index < -0.39 is 22.5 Å². The van der Waals surface area contributed by atoms with E-state index in [1.165, 1.54) is 0 Å². The standard InChI is InChI=1S/C72H60N9P3/c1-13-37-61(38-14-1)76(62-39-15-2-16-40-62)82(77(63-41-17-3-18-42-63)64-43-19-4-20-44-64)73-83(78(65-45-21-5-22-46-65)66-47-23-6-24-48-66,79(67-49-25-7-26-50-67)68-51-27-8-28-52-68)75-84(74-82,80(69-53-29-9-30-54-69)70-55-31-10-32-56-70)81(71-57-33-11-34-58-71)72-59-35-12-36-60-72/h1-60H. The lowest BCUT2D eigenvalue weighted by Gasteiger charge is -2.54. The van der Waals surface area contributed by atoms with Crippen molar-refractivity contribution in [1.82, 2.24) is 0 Å². The van der Waals surface area contributed by atoms with Gasteiger partial charge in [0.15, 0.2) is 0 Å². The molecule has 0 saturated heterocycles. The Kier molecular flexibility index (Phi) is 15.5. The van der Waals surface area contributed by atoms with Crippen LogP contribution in [0.2, 0.25) is 0 Å². The molecular weight excluding hydrogens is 1080 g/mol. The summed E-state index contributed by atoms with van der Waals surface area (Å²) in [5.41, 5.74) is 10.8. The van der Waals surface area contributed by atoms with Gasteiger partial charge in [0.2, 0.25) is 0 Å². The highest BCUT2D eigenvalue weighted by molar-refractivity contribution is 7.90. The Morgan fingerprint density at radius 1 is 0.131 bits per heavy atom. The van der Waals surface area contributed by atoms with Crippen molar-refractivity contribution in [3.05, 3.63) is 364 Å². The minimum Gasteiger partial charge on any atom is -0.273 e. The third-order valence-corrected chi connectivity index (χ3v) is 26.1. The van der Waals surface area contributed by atoms with Gasteiger partial charge in [-0.05, 0) is 146 Å². The maximum atomic E-state index is 7.16. The van der Waals surface area contributed by atoms with E-state index in [4.69, 9.17) is 13.5 Å². The number of hydrogen-bond donors (Lipinski definition) is 0. The molecule has 1 aliphatic rings. The minimum atomic E-state index is -4.17. The van der Waals surface area contributed by atoms with E-state index in [1.54, 1.807) is 0 Å². The first-order chi connectivity index (χ1) is 41.7. The first-order valence-corrected chi connectivity index (χ1v) is 32.8. The molecule has 9 nitrogen and oxygen atoms in total. The highest BCUT2D eigenvalue weighted by Crippen LogP contribution is 2.88. The quantitative estimate of drug-likeness (QED) is 0.0798. The zero-order valence-electron chi connectivity index (χ0n) is 46.0. The Morgan fingerprint density at radius 3 is 0.298 bits per heavy atom. The van der Waals surface area contributed by atoms with E-state index >= 15 is 0 Å². The van der Waals surface area contributed by atoms with Crippen LogP contribution in [0.3, 0.4) is 0 Å². The minimum absolute atomic E-state index is 0.897. The van der Waals surface area contributed by atoms with Crippen LogP contribution in [-0.2, 0) is 0 Å². The molecule has 0 aliphatic carbocycles. The second-order valence-corrected chi connectivity index (χ2v) is 27.5. The van der Waals surface area contributed by atoms with Crippen LogP contribution >= 0.6 is 22.5 Å². The second-order valence-electron chi connectivity index (χ2n) is 19.8. The molecule has 0 atom stereocenters. The van der Waals surface area contributed by atoms with E-state index in [0.717, 1.165) is 68.2 Å². The van der Waals surface area contributed by atoms with Crippen molar-refractivity contribution in [2.75, 3.05) is 28.0 Å². The lowest BCUT2D eigenvalue weighted by Crippen LogP contribution is -2.34. The van der Waals surface area contributed by atoms with Gasteiger partial charge in [-0.1, -0.05) is 218 Å². The summed E-state index contributed by atoms with van der Waals surface area (Å²) in [5, 5.41) is 0. The molecule has 0 spiro atoms. The zero-order chi connectivity index (χ0) is 56.4. The number of nitrogens with zero attached hydrogens (tertiary/aromatic N) is 9. The average Bonchev–Trinajstić information content (AvgIpc) is 0.815. The van der Waals surface area contributed by atoms with Gasteiger partial charge in [-0.15, -0.1) is 0 Å². The molecule has 0 saturated carbocycles.